The lowest BCUT2D eigenvalue weighted by molar-refractivity contribution is -0.187. The molecule has 0 aliphatic heterocycles. The van der Waals surface area contributed by atoms with Crippen molar-refractivity contribution in [2.75, 3.05) is 0 Å². The van der Waals surface area contributed by atoms with Crippen molar-refractivity contribution in [2.45, 2.75) is 13.8 Å². The van der Waals surface area contributed by atoms with Crippen LogP contribution in [-0.2, 0) is 9.78 Å². The van der Waals surface area contributed by atoms with Crippen LogP contribution in [0.1, 0.15) is 42.2 Å². The zero-order valence-electron chi connectivity index (χ0n) is 16.0. The summed E-state index contributed by atoms with van der Waals surface area (Å²) < 4.78 is 0. The fourth-order valence-corrected chi connectivity index (χ4v) is 2.30. The molecule has 148 valence electrons. The van der Waals surface area contributed by atoms with E-state index in [0.29, 0.717) is 16.7 Å². The van der Waals surface area contributed by atoms with Crippen molar-refractivity contribution in [2.24, 2.45) is 0 Å². The average Bonchev–Trinajstić information content (AvgIpc) is 2.73. The summed E-state index contributed by atoms with van der Waals surface area (Å²) in [5.41, 5.74) is 2.84. The first-order chi connectivity index (χ1) is 13.9. The molecule has 0 saturated heterocycles. The van der Waals surface area contributed by atoms with E-state index in [9.17, 15) is 14.4 Å². The molecule has 0 atom stereocenters. The molecule has 3 rings (SSSR count). The predicted octanol–water partition coefficient (Wildman–Crippen LogP) is 4.62. The molecule has 0 unspecified atom stereocenters. The van der Waals surface area contributed by atoms with Gasteiger partial charge in [0.1, 0.15) is 0 Å². The van der Waals surface area contributed by atoms with E-state index in [0.717, 1.165) is 11.1 Å². The first-order valence-electron chi connectivity index (χ1n) is 8.71. The number of carboxylic acid groups (broad SMARTS) is 1. The number of carbonyl (C=O) groups excluding carboxylic acids is 2. The van der Waals surface area contributed by atoms with Gasteiger partial charge in [0.15, 0.2) is 0 Å². The topological polar surface area (TPSA) is 89.9 Å². The lowest BCUT2D eigenvalue weighted by Crippen LogP contribution is -2.12. The Kier molecular flexibility index (Phi) is 7.68. The largest absolute Gasteiger partial charge is 0.478 e. The van der Waals surface area contributed by atoms with Crippen molar-refractivity contribution in [3.05, 3.63) is 107 Å². The van der Waals surface area contributed by atoms with E-state index < -0.39 is 17.9 Å². The van der Waals surface area contributed by atoms with Crippen LogP contribution >= 0.6 is 0 Å². The Bertz CT molecular complexity index is 938. The third kappa shape index (κ3) is 6.95. The van der Waals surface area contributed by atoms with Gasteiger partial charge in [0.05, 0.1) is 16.7 Å². The molecule has 0 aliphatic carbocycles. The lowest BCUT2D eigenvalue weighted by Gasteiger charge is -2.04. The van der Waals surface area contributed by atoms with Crippen molar-refractivity contribution < 1.29 is 29.3 Å². The van der Waals surface area contributed by atoms with Crippen LogP contribution in [0.2, 0.25) is 0 Å². The van der Waals surface area contributed by atoms with Gasteiger partial charge in [0.2, 0.25) is 0 Å². The third-order valence-electron chi connectivity index (χ3n) is 3.72. The summed E-state index contributed by atoms with van der Waals surface area (Å²) >= 11 is 0. The van der Waals surface area contributed by atoms with Gasteiger partial charge < -0.3 is 5.11 Å². The minimum absolute atomic E-state index is 0.331. The van der Waals surface area contributed by atoms with E-state index in [1.165, 1.54) is 0 Å². The second-order valence-electron chi connectivity index (χ2n) is 6.15. The molecular formula is C23H20O6. The summed E-state index contributed by atoms with van der Waals surface area (Å²) in [6.45, 7) is 3.71. The van der Waals surface area contributed by atoms with Crippen molar-refractivity contribution in [3.63, 3.8) is 0 Å². The van der Waals surface area contributed by atoms with Gasteiger partial charge in [-0.25, -0.2) is 24.2 Å². The first-order valence-corrected chi connectivity index (χ1v) is 8.71. The number of benzene rings is 3. The highest BCUT2D eigenvalue weighted by Gasteiger charge is 2.14. The molecule has 6 nitrogen and oxygen atoms in total. The average molecular weight is 392 g/mol. The van der Waals surface area contributed by atoms with Crippen molar-refractivity contribution >= 4 is 17.9 Å². The molecule has 0 spiro atoms. The predicted molar refractivity (Wildman–Crippen MR) is 107 cm³/mol. The molecule has 0 bridgehead atoms. The van der Waals surface area contributed by atoms with Crippen LogP contribution in [0.15, 0.2) is 78.9 Å². The number of hydrogen-bond acceptors (Lipinski definition) is 5. The van der Waals surface area contributed by atoms with Gasteiger partial charge in [0.25, 0.3) is 0 Å². The molecule has 6 heteroatoms. The summed E-state index contributed by atoms with van der Waals surface area (Å²) in [5.74, 6) is -2.28. The Balaban J connectivity index is 0.000000278. The maximum Gasteiger partial charge on any atom is 0.386 e. The van der Waals surface area contributed by atoms with Gasteiger partial charge in [-0.3, -0.25) is 0 Å². The van der Waals surface area contributed by atoms with Crippen LogP contribution in [0.25, 0.3) is 0 Å². The van der Waals surface area contributed by atoms with Gasteiger partial charge >= 0.3 is 17.9 Å². The second kappa shape index (κ2) is 10.4. The monoisotopic (exact) mass is 392 g/mol. The summed E-state index contributed by atoms with van der Waals surface area (Å²) in [5, 5.41) is 8.38. The molecule has 0 aliphatic rings. The molecule has 0 radical (unpaired) electrons. The fourth-order valence-electron chi connectivity index (χ4n) is 2.30. The first kappa shape index (κ1) is 21.4. The Labute approximate surface area is 168 Å². The highest BCUT2D eigenvalue weighted by molar-refractivity contribution is 5.92. The Morgan fingerprint density at radius 2 is 1.03 bits per heavy atom. The van der Waals surface area contributed by atoms with Crippen LogP contribution < -0.4 is 0 Å². The summed E-state index contributed by atoms with van der Waals surface area (Å²) in [7, 11) is 0. The van der Waals surface area contributed by atoms with Gasteiger partial charge in [-0.05, 0) is 50.2 Å². The second-order valence-corrected chi connectivity index (χ2v) is 6.15. The molecule has 0 amide bonds. The quantitative estimate of drug-likeness (QED) is 0.517. The minimum Gasteiger partial charge on any atom is -0.478 e. The van der Waals surface area contributed by atoms with Crippen LogP contribution in [0.4, 0.5) is 0 Å². The third-order valence-corrected chi connectivity index (χ3v) is 3.72. The molecule has 29 heavy (non-hydrogen) atoms. The smallest absolute Gasteiger partial charge is 0.386 e. The van der Waals surface area contributed by atoms with E-state index in [1.54, 1.807) is 66.7 Å². The number of carboxylic acids is 1. The summed E-state index contributed by atoms with van der Waals surface area (Å²) in [6.07, 6.45) is 0. The Morgan fingerprint density at radius 3 is 1.38 bits per heavy atom. The number of aryl methyl sites for hydroxylation is 2. The molecule has 0 aromatic heterocycles. The molecule has 1 N–H and O–H groups in total. The van der Waals surface area contributed by atoms with Gasteiger partial charge in [-0.2, -0.15) is 0 Å². The normalized spacial score (nSPS) is 9.59. The SMILES string of the molecule is Cc1cccc(C(=O)OOC(=O)c2cccc(C)c2)c1.O=C(O)c1ccccc1. The number of hydrogen-bond donors (Lipinski definition) is 1. The maximum atomic E-state index is 11.7. The zero-order valence-corrected chi connectivity index (χ0v) is 16.0. The number of aromatic carboxylic acids is 1. The van der Waals surface area contributed by atoms with E-state index >= 15 is 0 Å². The van der Waals surface area contributed by atoms with E-state index in [4.69, 9.17) is 5.11 Å². The molecule has 0 fully saturated rings. The zero-order chi connectivity index (χ0) is 21.2. The molecular weight excluding hydrogens is 372 g/mol. The van der Waals surface area contributed by atoms with Crippen molar-refractivity contribution in [3.8, 4) is 0 Å². The summed E-state index contributed by atoms with van der Waals surface area (Å²) in [6, 6.07) is 22.0. The standard InChI is InChI=1S/C16H14O4.C7H6O2/c1-11-5-3-7-13(9-11)15(17)19-20-16(18)14-8-4-6-12(2)10-14;8-7(9)6-4-2-1-3-5-6/h3-10H,1-2H3;1-5H,(H,8,9). The van der Waals surface area contributed by atoms with Crippen molar-refractivity contribution in [1.82, 2.24) is 0 Å². The highest BCUT2D eigenvalue weighted by atomic mass is 17.2. The van der Waals surface area contributed by atoms with E-state index in [1.807, 2.05) is 26.0 Å². The molecule has 3 aromatic rings. The Hall–Kier alpha value is -3.93. The molecule has 0 saturated carbocycles. The minimum atomic E-state index is -0.879. The van der Waals surface area contributed by atoms with Gasteiger partial charge in [-0.15, -0.1) is 0 Å². The number of rotatable bonds is 3. The summed E-state index contributed by atoms with van der Waals surface area (Å²) in [4.78, 5) is 42.7. The molecule has 3 aromatic carbocycles. The van der Waals surface area contributed by atoms with Crippen molar-refractivity contribution in [1.29, 1.82) is 0 Å². The van der Waals surface area contributed by atoms with Crippen LogP contribution in [0.3, 0.4) is 0 Å². The van der Waals surface area contributed by atoms with E-state index in [2.05, 4.69) is 9.78 Å². The lowest BCUT2D eigenvalue weighted by atomic mass is 10.1. The van der Waals surface area contributed by atoms with Gasteiger partial charge in [-0.1, -0.05) is 53.6 Å². The Morgan fingerprint density at radius 1 is 0.621 bits per heavy atom. The van der Waals surface area contributed by atoms with Crippen LogP contribution in [0, 0.1) is 13.8 Å². The molecule has 0 heterocycles. The van der Waals surface area contributed by atoms with E-state index in [-0.39, 0.29) is 0 Å². The fraction of sp³-hybridized carbons (Fsp3) is 0.0870. The van der Waals surface area contributed by atoms with Crippen LogP contribution in [-0.4, -0.2) is 23.0 Å². The highest BCUT2D eigenvalue weighted by Crippen LogP contribution is 2.09. The maximum absolute atomic E-state index is 11.7. The number of carbonyl (C=O) groups is 3. The van der Waals surface area contributed by atoms with Gasteiger partial charge in [0, 0.05) is 0 Å². The van der Waals surface area contributed by atoms with Crippen LogP contribution in [0.5, 0.6) is 0 Å².